The molecule has 0 saturated carbocycles. The zero-order chi connectivity index (χ0) is 21.8. The topological polar surface area (TPSA) is 56.3 Å². The molecule has 1 fully saturated rings. The first-order valence-electron chi connectivity index (χ1n) is 11.2. The highest BCUT2D eigenvalue weighted by atomic mass is 16.5. The highest BCUT2D eigenvalue weighted by molar-refractivity contribution is 5.76. The molecule has 7 nitrogen and oxygen atoms in total. The first-order chi connectivity index (χ1) is 13.8. The van der Waals surface area contributed by atoms with E-state index < -0.39 is 0 Å². The molecule has 1 saturated heterocycles. The smallest absolute Gasteiger partial charge is 0.222 e. The van der Waals surface area contributed by atoms with Crippen molar-refractivity contribution in [2.45, 2.75) is 64.5 Å². The number of ether oxygens (including phenoxy) is 1. The molecule has 2 amide bonds. The Bertz CT molecular complexity index is 479. The molecule has 29 heavy (non-hydrogen) atoms. The predicted molar refractivity (Wildman–Crippen MR) is 118 cm³/mol. The Morgan fingerprint density at radius 1 is 0.966 bits per heavy atom. The summed E-state index contributed by atoms with van der Waals surface area (Å²) >= 11 is 0. The van der Waals surface area contributed by atoms with Crippen LogP contribution < -0.4 is 0 Å². The Morgan fingerprint density at radius 3 is 2.17 bits per heavy atom. The summed E-state index contributed by atoms with van der Waals surface area (Å²) in [7, 11) is 8.26. The minimum atomic E-state index is 0.237. The third-order valence-electron chi connectivity index (χ3n) is 6.14. The fourth-order valence-corrected chi connectivity index (χ4v) is 3.65. The van der Waals surface area contributed by atoms with Crippen molar-refractivity contribution in [3.63, 3.8) is 0 Å². The van der Waals surface area contributed by atoms with Crippen molar-refractivity contribution in [1.29, 1.82) is 0 Å². The van der Waals surface area contributed by atoms with Gasteiger partial charge in [0.15, 0.2) is 0 Å². The molecule has 2 unspecified atom stereocenters. The molecular weight excluding hydrogens is 368 g/mol. The van der Waals surface area contributed by atoms with Gasteiger partial charge in [-0.05, 0) is 67.7 Å². The van der Waals surface area contributed by atoms with E-state index in [2.05, 4.69) is 51.8 Å². The largest absolute Gasteiger partial charge is 0.378 e. The van der Waals surface area contributed by atoms with Crippen molar-refractivity contribution in [1.82, 2.24) is 19.6 Å². The molecule has 1 aliphatic heterocycles. The van der Waals surface area contributed by atoms with Gasteiger partial charge < -0.3 is 24.3 Å². The SMILES string of the molecule is CCN(CCCC(CCC(=O)N1CCOCC1)N(C)C)C(=O)CCC(C)N(C)C. The van der Waals surface area contributed by atoms with Gasteiger partial charge in [-0.25, -0.2) is 0 Å². The summed E-state index contributed by atoms with van der Waals surface area (Å²) in [5.41, 5.74) is 0. The van der Waals surface area contributed by atoms with Crippen LogP contribution in [0.3, 0.4) is 0 Å². The second-order valence-corrected chi connectivity index (χ2v) is 8.62. The molecule has 0 aromatic heterocycles. The molecule has 0 aliphatic carbocycles. The van der Waals surface area contributed by atoms with E-state index in [4.69, 9.17) is 4.74 Å². The lowest BCUT2D eigenvalue weighted by molar-refractivity contribution is -0.135. The Hall–Kier alpha value is -1.18. The average Bonchev–Trinajstić information content (AvgIpc) is 2.71. The van der Waals surface area contributed by atoms with E-state index >= 15 is 0 Å². The molecule has 0 aromatic rings. The molecule has 7 heteroatoms. The van der Waals surface area contributed by atoms with Crippen LogP contribution in [0.2, 0.25) is 0 Å². The number of rotatable bonds is 13. The van der Waals surface area contributed by atoms with Gasteiger partial charge in [0.2, 0.25) is 11.8 Å². The number of carbonyl (C=O) groups excluding carboxylic acids is 2. The summed E-state index contributed by atoms with van der Waals surface area (Å²) in [6.45, 7) is 8.50. The van der Waals surface area contributed by atoms with Gasteiger partial charge in [0.1, 0.15) is 0 Å². The highest BCUT2D eigenvalue weighted by Gasteiger charge is 2.20. The number of carbonyl (C=O) groups is 2. The zero-order valence-electron chi connectivity index (χ0n) is 19.7. The van der Waals surface area contributed by atoms with Crippen molar-refractivity contribution in [2.24, 2.45) is 0 Å². The fourth-order valence-electron chi connectivity index (χ4n) is 3.65. The van der Waals surface area contributed by atoms with Crippen LogP contribution >= 0.6 is 0 Å². The van der Waals surface area contributed by atoms with Crippen LogP contribution in [0.4, 0.5) is 0 Å². The van der Waals surface area contributed by atoms with Crippen molar-refractivity contribution in [2.75, 3.05) is 67.6 Å². The Kier molecular flexibility index (Phi) is 12.4. The molecular formula is C22H44N4O3. The second-order valence-electron chi connectivity index (χ2n) is 8.62. The fraction of sp³-hybridized carbons (Fsp3) is 0.909. The van der Waals surface area contributed by atoms with E-state index in [-0.39, 0.29) is 11.8 Å². The van der Waals surface area contributed by atoms with E-state index in [1.54, 1.807) is 0 Å². The lowest BCUT2D eigenvalue weighted by atomic mass is 10.0. The summed E-state index contributed by atoms with van der Waals surface area (Å²) in [5.74, 6) is 0.491. The molecule has 0 aromatic carbocycles. The zero-order valence-corrected chi connectivity index (χ0v) is 19.7. The first-order valence-corrected chi connectivity index (χ1v) is 11.2. The van der Waals surface area contributed by atoms with Gasteiger partial charge >= 0.3 is 0 Å². The van der Waals surface area contributed by atoms with E-state index in [1.807, 2.05) is 9.80 Å². The summed E-state index contributed by atoms with van der Waals surface area (Å²) < 4.78 is 5.32. The van der Waals surface area contributed by atoms with Gasteiger partial charge in [0.05, 0.1) is 13.2 Å². The molecule has 0 bridgehead atoms. The summed E-state index contributed by atoms with van der Waals surface area (Å²) in [4.78, 5) is 33.2. The van der Waals surface area contributed by atoms with Gasteiger partial charge in [-0.1, -0.05) is 0 Å². The lowest BCUT2D eigenvalue weighted by Crippen LogP contribution is -2.41. The summed E-state index contributed by atoms with van der Waals surface area (Å²) in [5, 5.41) is 0. The Labute approximate surface area is 178 Å². The molecule has 0 radical (unpaired) electrons. The van der Waals surface area contributed by atoms with Gasteiger partial charge in [-0.3, -0.25) is 9.59 Å². The van der Waals surface area contributed by atoms with E-state index in [0.29, 0.717) is 51.2 Å². The molecule has 170 valence electrons. The van der Waals surface area contributed by atoms with Crippen LogP contribution in [0.25, 0.3) is 0 Å². The van der Waals surface area contributed by atoms with Crippen LogP contribution in [0.1, 0.15) is 52.4 Å². The van der Waals surface area contributed by atoms with Crippen LogP contribution in [0, 0.1) is 0 Å². The quantitative estimate of drug-likeness (QED) is 0.463. The molecule has 1 heterocycles. The van der Waals surface area contributed by atoms with Gasteiger partial charge in [0, 0.05) is 51.1 Å². The molecule has 0 spiro atoms. The summed E-state index contributed by atoms with van der Waals surface area (Å²) in [6, 6.07) is 0.780. The van der Waals surface area contributed by atoms with Crippen molar-refractivity contribution in [3.8, 4) is 0 Å². The van der Waals surface area contributed by atoms with Crippen LogP contribution in [0.15, 0.2) is 0 Å². The minimum absolute atomic E-state index is 0.237. The maximum atomic E-state index is 12.5. The van der Waals surface area contributed by atoms with Gasteiger partial charge in [-0.2, -0.15) is 0 Å². The van der Waals surface area contributed by atoms with Gasteiger partial charge in [0.25, 0.3) is 0 Å². The Balaban J connectivity index is 2.37. The standard InChI is InChI=1S/C22H44N4O3/c1-7-25(21(27)12-10-19(2)23(3)4)14-8-9-20(24(5)6)11-13-22(28)26-15-17-29-18-16-26/h19-20H,7-18H2,1-6H3. The molecule has 0 N–H and O–H groups in total. The second kappa shape index (κ2) is 13.9. The van der Waals surface area contributed by atoms with Gasteiger partial charge in [-0.15, -0.1) is 0 Å². The third kappa shape index (κ3) is 9.92. The molecule has 2 atom stereocenters. The lowest BCUT2D eigenvalue weighted by Gasteiger charge is -2.29. The van der Waals surface area contributed by atoms with Crippen molar-refractivity contribution < 1.29 is 14.3 Å². The van der Waals surface area contributed by atoms with Crippen LogP contribution in [-0.4, -0.2) is 111 Å². The minimum Gasteiger partial charge on any atom is -0.378 e. The summed E-state index contributed by atoms with van der Waals surface area (Å²) in [6.07, 6.45) is 4.93. The molecule has 1 aliphatic rings. The van der Waals surface area contributed by atoms with Crippen molar-refractivity contribution in [3.05, 3.63) is 0 Å². The number of amides is 2. The van der Waals surface area contributed by atoms with E-state index in [1.165, 1.54) is 0 Å². The van der Waals surface area contributed by atoms with Crippen LogP contribution in [0.5, 0.6) is 0 Å². The Morgan fingerprint density at radius 2 is 1.62 bits per heavy atom. The first kappa shape index (κ1) is 25.9. The van der Waals surface area contributed by atoms with E-state index in [0.717, 1.165) is 38.8 Å². The predicted octanol–water partition coefficient (Wildman–Crippen LogP) is 1.91. The highest BCUT2D eigenvalue weighted by Crippen LogP contribution is 2.14. The third-order valence-corrected chi connectivity index (χ3v) is 6.14. The number of morpholine rings is 1. The monoisotopic (exact) mass is 412 g/mol. The normalized spacial score (nSPS) is 16.9. The number of hydrogen-bond acceptors (Lipinski definition) is 5. The average molecular weight is 413 g/mol. The van der Waals surface area contributed by atoms with E-state index in [9.17, 15) is 9.59 Å². The van der Waals surface area contributed by atoms with Crippen LogP contribution in [-0.2, 0) is 14.3 Å². The molecule has 1 rings (SSSR count). The maximum Gasteiger partial charge on any atom is 0.222 e. The maximum absolute atomic E-state index is 12.5. The number of nitrogens with zero attached hydrogens (tertiary/aromatic N) is 4. The van der Waals surface area contributed by atoms with Crippen molar-refractivity contribution >= 4 is 11.8 Å². The number of hydrogen-bond donors (Lipinski definition) is 0.